The number of carbonyl (C=O) groups excluding carboxylic acids is 1. The maximum atomic E-state index is 13.0. The highest BCUT2D eigenvalue weighted by atomic mass is 32.1. The summed E-state index contributed by atoms with van der Waals surface area (Å²) in [7, 11) is 0. The van der Waals surface area contributed by atoms with E-state index in [4.69, 9.17) is 0 Å². The Morgan fingerprint density at radius 2 is 1.83 bits per heavy atom. The lowest BCUT2D eigenvalue weighted by Crippen LogP contribution is -2.27. The first kappa shape index (κ1) is 21.6. The average Bonchev–Trinajstić information content (AvgIpc) is 3.10. The van der Waals surface area contributed by atoms with Crippen LogP contribution in [0.2, 0.25) is 0 Å². The van der Waals surface area contributed by atoms with E-state index in [1.54, 1.807) is 0 Å². The van der Waals surface area contributed by atoms with Crippen molar-refractivity contribution in [3.05, 3.63) is 62.5 Å². The molecule has 0 aliphatic rings. The number of halogens is 3. The van der Waals surface area contributed by atoms with Crippen LogP contribution in [0.3, 0.4) is 0 Å². The minimum atomic E-state index is -4.54. The molecule has 0 atom stereocenters. The van der Waals surface area contributed by atoms with E-state index in [1.807, 2.05) is 20.8 Å². The summed E-state index contributed by atoms with van der Waals surface area (Å²) in [6, 6.07) is 5.60. The van der Waals surface area contributed by atoms with Crippen LogP contribution in [0.25, 0.3) is 5.69 Å². The SMILES string of the molecule is Cc1cc(=O)c(C(=O)Nc2nnc(C(C)(C)C)s2)nn1-c1cccc(C(F)(F)F)c1. The third kappa shape index (κ3) is 4.56. The predicted molar refractivity (Wildman–Crippen MR) is 106 cm³/mol. The predicted octanol–water partition coefficient (Wildman–Crippen LogP) is 3.96. The first-order valence-corrected chi connectivity index (χ1v) is 9.62. The van der Waals surface area contributed by atoms with Crippen LogP contribution < -0.4 is 10.7 Å². The Labute approximate surface area is 173 Å². The third-order valence-electron chi connectivity index (χ3n) is 4.03. The van der Waals surface area contributed by atoms with Gasteiger partial charge in [-0.3, -0.25) is 14.9 Å². The van der Waals surface area contributed by atoms with Crippen molar-refractivity contribution in [1.82, 2.24) is 20.0 Å². The molecule has 0 aliphatic heterocycles. The number of nitrogens with zero attached hydrogens (tertiary/aromatic N) is 4. The number of carbonyl (C=O) groups is 1. The monoisotopic (exact) mass is 437 g/mol. The van der Waals surface area contributed by atoms with Crippen LogP contribution >= 0.6 is 11.3 Å². The Morgan fingerprint density at radius 3 is 2.43 bits per heavy atom. The third-order valence-corrected chi connectivity index (χ3v) is 5.29. The second kappa shape index (κ2) is 7.63. The first-order valence-electron chi connectivity index (χ1n) is 8.80. The lowest BCUT2D eigenvalue weighted by atomic mass is 9.98. The Balaban J connectivity index is 1.97. The highest BCUT2D eigenvalue weighted by molar-refractivity contribution is 7.15. The maximum Gasteiger partial charge on any atom is 0.416 e. The summed E-state index contributed by atoms with van der Waals surface area (Å²) in [6.45, 7) is 7.33. The van der Waals surface area contributed by atoms with Gasteiger partial charge in [0.2, 0.25) is 10.6 Å². The topological polar surface area (TPSA) is 89.8 Å². The maximum absolute atomic E-state index is 13.0. The molecule has 3 aromatic rings. The standard InChI is InChI=1S/C19H18F3N5O2S/c1-10-8-13(28)14(15(29)23-17-25-24-16(30-17)18(2,3)4)26-27(10)12-7-5-6-11(9-12)19(20,21)22/h5-9H,1-4H3,(H,23,25,29). The van der Waals surface area contributed by atoms with E-state index in [2.05, 4.69) is 20.6 Å². The number of rotatable bonds is 3. The average molecular weight is 437 g/mol. The molecule has 0 aliphatic carbocycles. The highest BCUT2D eigenvalue weighted by Gasteiger charge is 2.30. The summed E-state index contributed by atoms with van der Waals surface area (Å²) in [5, 5.41) is 15.3. The van der Waals surface area contributed by atoms with Crippen LogP contribution in [0.5, 0.6) is 0 Å². The van der Waals surface area contributed by atoms with E-state index in [9.17, 15) is 22.8 Å². The van der Waals surface area contributed by atoms with Crippen molar-refractivity contribution in [2.45, 2.75) is 39.3 Å². The van der Waals surface area contributed by atoms with Gasteiger partial charge >= 0.3 is 6.18 Å². The van der Waals surface area contributed by atoms with Crippen LogP contribution in [0.1, 0.15) is 47.5 Å². The Bertz CT molecular complexity index is 1160. The molecule has 0 saturated carbocycles. The zero-order valence-electron chi connectivity index (χ0n) is 16.5. The molecular weight excluding hydrogens is 419 g/mol. The number of hydrogen-bond acceptors (Lipinski definition) is 6. The minimum Gasteiger partial charge on any atom is -0.295 e. The van der Waals surface area contributed by atoms with Gasteiger partial charge in [-0.15, -0.1) is 10.2 Å². The molecule has 2 heterocycles. The van der Waals surface area contributed by atoms with Gasteiger partial charge in [0.05, 0.1) is 11.3 Å². The second-order valence-electron chi connectivity index (χ2n) is 7.57. The zero-order chi connectivity index (χ0) is 22.3. The van der Waals surface area contributed by atoms with Crippen LogP contribution in [0.15, 0.2) is 35.1 Å². The van der Waals surface area contributed by atoms with Crippen molar-refractivity contribution in [1.29, 1.82) is 0 Å². The zero-order valence-corrected chi connectivity index (χ0v) is 17.4. The van der Waals surface area contributed by atoms with E-state index in [0.29, 0.717) is 5.01 Å². The van der Waals surface area contributed by atoms with Gasteiger partial charge in [0.15, 0.2) is 5.69 Å². The van der Waals surface area contributed by atoms with Gasteiger partial charge in [0, 0.05) is 17.2 Å². The molecule has 0 spiro atoms. The quantitative estimate of drug-likeness (QED) is 0.670. The van der Waals surface area contributed by atoms with E-state index >= 15 is 0 Å². The molecule has 2 aromatic heterocycles. The molecule has 1 aromatic carbocycles. The largest absolute Gasteiger partial charge is 0.416 e. The summed E-state index contributed by atoms with van der Waals surface area (Å²) in [5.74, 6) is -0.822. The molecule has 3 rings (SSSR count). The van der Waals surface area contributed by atoms with Gasteiger partial charge < -0.3 is 0 Å². The van der Waals surface area contributed by atoms with E-state index in [-0.39, 0.29) is 21.9 Å². The molecule has 11 heteroatoms. The molecule has 30 heavy (non-hydrogen) atoms. The van der Waals surface area contributed by atoms with Gasteiger partial charge in [-0.2, -0.15) is 18.3 Å². The fraction of sp³-hybridized carbons (Fsp3) is 0.316. The van der Waals surface area contributed by atoms with Gasteiger partial charge in [-0.05, 0) is 25.1 Å². The number of alkyl halides is 3. The first-order chi connectivity index (χ1) is 13.9. The Hall–Kier alpha value is -3.08. The molecule has 0 unspecified atom stereocenters. The van der Waals surface area contributed by atoms with Crippen LogP contribution in [-0.4, -0.2) is 25.9 Å². The fourth-order valence-electron chi connectivity index (χ4n) is 2.51. The van der Waals surface area contributed by atoms with Crippen molar-refractivity contribution >= 4 is 22.4 Å². The Kier molecular flexibility index (Phi) is 5.50. The van der Waals surface area contributed by atoms with E-state index < -0.39 is 28.8 Å². The van der Waals surface area contributed by atoms with Crippen molar-refractivity contribution in [3.8, 4) is 5.69 Å². The molecule has 158 valence electrons. The Morgan fingerprint density at radius 1 is 1.13 bits per heavy atom. The molecule has 7 nitrogen and oxygen atoms in total. The normalized spacial score (nSPS) is 12.1. The summed E-state index contributed by atoms with van der Waals surface area (Å²) in [5.41, 5.74) is -1.91. The van der Waals surface area contributed by atoms with E-state index in [0.717, 1.165) is 34.2 Å². The lowest BCUT2D eigenvalue weighted by Gasteiger charge is -2.13. The van der Waals surface area contributed by atoms with Gasteiger partial charge in [-0.25, -0.2) is 4.68 Å². The molecule has 1 amide bonds. The van der Waals surface area contributed by atoms with Gasteiger partial charge in [0.25, 0.3) is 5.91 Å². The van der Waals surface area contributed by atoms with Gasteiger partial charge in [-0.1, -0.05) is 38.2 Å². The number of amides is 1. The molecule has 0 fully saturated rings. The van der Waals surface area contributed by atoms with Crippen molar-refractivity contribution < 1.29 is 18.0 Å². The summed E-state index contributed by atoms with van der Waals surface area (Å²) in [4.78, 5) is 24.9. The number of benzene rings is 1. The number of anilines is 1. The van der Waals surface area contributed by atoms with E-state index in [1.165, 1.54) is 19.1 Å². The van der Waals surface area contributed by atoms with Crippen LogP contribution in [0.4, 0.5) is 18.3 Å². The molecule has 0 bridgehead atoms. The highest BCUT2D eigenvalue weighted by Crippen LogP contribution is 2.30. The second-order valence-corrected chi connectivity index (χ2v) is 8.55. The van der Waals surface area contributed by atoms with Crippen LogP contribution in [-0.2, 0) is 11.6 Å². The summed E-state index contributed by atoms with van der Waals surface area (Å²) >= 11 is 1.16. The van der Waals surface area contributed by atoms with Gasteiger partial charge in [0.1, 0.15) is 5.01 Å². The lowest BCUT2D eigenvalue weighted by molar-refractivity contribution is -0.137. The number of aryl methyl sites for hydroxylation is 1. The molecule has 0 radical (unpaired) electrons. The molecule has 0 saturated heterocycles. The molecule has 1 N–H and O–H groups in total. The number of aromatic nitrogens is 4. The van der Waals surface area contributed by atoms with Crippen LogP contribution in [0, 0.1) is 6.92 Å². The smallest absolute Gasteiger partial charge is 0.295 e. The van der Waals surface area contributed by atoms with Crippen molar-refractivity contribution in [2.24, 2.45) is 0 Å². The number of nitrogens with one attached hydrogen (secondary N) is 1. The summed E-state index contributed by atoms with van der Waals surface area (Å²) in [6.07, 6.45) is -4.54. The van der Waals surface area contributed by atoms with Crippen molar-refractivity contribution in [2.75, 3.05) is 5.32 Å². The number of hydrogen-bond donors (Lipinski definition) is 1. The minimum absolute atomic E-state index is 0.0716. The molecular formula is C19H18F3N5O2S. The fourth-order valence-corrected chi connectivity index (χ4v) is 3.31. The van der Waals surface area contributed by atoms with Crippen molar-refractivity contribution in [3.63, 3.8) is 0 Å². The summed E-state index contributed by atoms with van der Waals surface area (Å²) < 4.78 is 40.2.